The Morgan fingerprint density at radius 2 is 1.22 bits per heavy atom. The van der Waals surface area contributed by atoms with Gasteiger partial charge in [0.25, 0.3) is 0 Å². The maximum Gasteiger partial charge on any atom is 0.143 e. The molecule has 8 aromatic rings. The highest BCUT2D eigenvalue weighted by molar-refractivity contribution is 6.12. The third-order valence-corrected chi connectivity index (χ3v) is 9.22. The summed E-state index contributed by atoms with van der Waals surface area (Å²) in [6.45, 7) is 4.70. The monoisotopic (exact) mass is 525 g/mol. The van der Waals surface area contributed by atoms with Gasteiger partial charge in [0.2, 0.25) is 0 Å². The molecule has 0 fully saturated rings. The van der Waals surface area contributed by atoms with Crippen molar-refractivity contribution in [2.75, 3.05) is 0 Å². The summed E-state index contributed by atoms with van der Waals surface area (Å²) in [7, 11) is 0. The lowest BCUT2D eigenvalue weighted by Gasteiger charge is -2.21. The van der Waals surface area contributed by atoms with Gasteiger partial charge in [0.05, 0.1) is 11.0 Å². The molecule has 0 unspecified atom stereocenters. The maximum absolute atomic E-state index is 6.34. The van der Waals surface area contributed by atoms with E-state index in [2.05, 4.69) is 134 Å². The van der Waals surface area contributed by atoms with Gasteiger partial charge in [0.15, 0.2) is 0 Å². The average Bonchev–Trinajstić information content (AvgIpc) is 3.63. The number of hydrogen-bond acceptors (Lipinski definition) is 1. The first-order chi connectivity index (χ1) is 20.1. The van der Waals surface area contributed by atoms with E-state index in [1.54, 1.807) is 0 Å². The van der Waals surface area contributed by atoms with Gasteiger partial charge in [-0.25, -0.2) is 0 Å². The van der Waals surface area contributed by atoms with Crippen molar-refractivity contribution in [2.45, 2.75) is 19.3 Å². The Hall–Kier alpha value is -5.08. The third-order valence-electron chi connectivity index (χ3n) is 9.22. The molecule has 2 nitrogen and oxygen atoms in total. The number of aromatic nitrogens is 1. The molecule has 2 heterocycles. The highest BCUT2D eigenvalue weighted by Crippen LogP contribution is 2.51. The highest BCUT2D eigenvalue weighted by Gasteiger charge is 2.36. The van der Waals surface area contributed by atoms with Crippen molar-refractivity contribution in [1.82, 2.24) is 4.57 Å². The van der Waals surface area contributed by atoms with E-state index in [1.807, 2.05) is 12.1 Å². The van der Waals surface area contributed by atoms with E-state index in [0.717, 1.165) is 38.8 Å². The lowest BCUT2D eigenvalue weighted by Crippen LogP contribution is -2.14. The quantitative estimate of drug-likeness (QED) is 0.219. The van der Waals surface area contributed by atoms with Crippen LogP contribution in [0.3, 0.4) is 0 Å². The van der Waals surface area contributed by atoms with Gasteiger partial charge in [-0.1, -0.05) is 105 Å². The van der Waals surface area contributed by atoms with Gasteiger partial charge >= 0.3 is 0 Å². The van der Waals surface area contributed by atoms with E-state index in [1.165, 1.54) is 44.1 Å². The minimum atomic E-state index is -0.0451. The number of furan rings is 1. The molecule has 41 heavy (non-hydrogen) atoms. The molecule has 2 aromatic heterocycles. The van der Waals surface area contributed by atoms with Gasteiger partial charge in [-0.15, -0.1) is 0 Å². The SMILES string of the molecule is CC1(C)c2ccccc2-c2cc3c4ccccc4n(-c4ccc(-c5cccc6c5oc5ccccc56)cc4)c3cc21. The zero-order chi connectivity index (χ0) is 27.3. The minimum absolute atomic E-state index is 0.0451. The zero-order valence-corrected chi connectivity index (χ0v) is 23.0. The highest BCUT2D eigenvalue weighted by atomic mass is 16.3. The average molecular weight is 526 g/mol. The van der Waals surface area contributed by atoms with Crippen LogP contribution in [0.4, 0.5) is 0 Å². The lowest BCUT2D eigenvalue weighted by atomic mass is 9.82. The molecule has 0 saturated carbocycles. The van der Waals surface area contributed by atoms with Crippen LogP contribution >= 0.6 is 0 Å². The molecule has 0 N–H and O–H groups in total. The summed E-state index contributed by atoms with van der Waals surface area (Å²) < 4.78 is 8.77. The minimum Gasteiger partial charge on any atom is -0.455 e. The van der Waals surface area contributed by atoms with Crippen LogP contribution in [-0.2, 0) is 5.41 Å². The van der Waals surface area contributed by atoms with Crippen LogP contribution in [-0.4, -0.2) is 4.57 Å². The number of fused-ring (bicyclic) bond motifs is 9. The standard InChI is InChI=1S/C39H27NO/c1-39(2)33-15-6-3-10-27(33)31-22-32-28-11-4-7-16-35(28)40(36(32)23-34(31)39)25-20-18-24(19-21-25)26-13-9-14-30-29-12-5-8-17-37(29)41-38(26)30/h3-23H,1-2H3. The molecule has 0 spiro atoms. The van der Waals surface area contributed by atoms with Crippen molar-refractivity contribution < 1.29 is 4.42 Å². The molecule has 1 aliphatic rings. The maximum atomic E-state index is 6.34. The van der Waals surface area contributed by atoms with Crippen molar-refractivity contribution in [2.24, 2.45) is 0 Å². The number of rotatable bonds is 2. The number of para-hydroxylation sites is 3. The summed E-state index contributed by atoms with van der Waals surface area (Å²) in [4.78, 5) is 0. The molecule has 0 amide bonds. The van der Waals surface area contributed by atoms with E-state index in [9.17, 15) is 0 Å². The molecule has 0 aliphatic heterocycles. The van der Waals surface area contributed by atoms with Gasteiger partial charge < -0.3 is 8.98 Å². The first kappa shape index (κ1) is 22.7. The number of benzene rings is 6. The summed E-state index contributed by atoms with van der Waals surface area (Å²) in [6, 6.07) is 46.2. The summed E-state index contributed by atoms with van der Waals surface area (Å²) in [5.74, 6) is 0. The van der Waals surface area contributed by atoms with Crippen LogP contribution in [0.15, 0.2) is 132 Å². The van der Waals surface area contributed by atoms with Gasteiger partial charge in [-0.05, 0) is 64.2 Å². The molecule has 194 valence electrons. The summed E-state index contributed by atoms with van der Waals surface area (Å²) in [6.07, 6.45) is 0. The second kappa shape index (κ2) is 7.99. The molecule has 0 radical (unpaired) electrons. The van der Waals surface area contributed by atoms with Crippen LogP contribution in [0.1, 0.15) is 25.0 Å². The Labute approximate surface area is 238 Å². The third kappa shape index (κ3) is 3.02. The number of hydrogen-bond donors (Lipinski definition) is 0. The Bertz CT molecular complexity index is 2330. The smallest absolute Gasteiger partial charge is 0.143 e. The van der Waals surface area contributed by atoms with E-state index in [-0.39, 0.29) is 5.41 Å². The van der Waals surface area contributed by atoms with Gasteiger partial charge in [-0.3, -0.25) is 0 Å². The van der Waals surface area contributed by atoms with Gasteiger partial charge in [0, 0.05) is 38.2 Å². The van der Waals surface area contributed by atoms with E-state index in [0.29, 0.717) is 0 Å². The predicted octanol–water partition coefficient (Wildman–Crippen LogP) is 10.7. The Balaban J connectivity index is 1.25. The predicted molar refractivity (Wildman–Crippen MR) is 171 cm³/mol. The summed E-state index contributed by atoms with van der Waals surface area (Å²) in [5, 5.41) is 4.89. The molecule has 2 heteroatoms. The summed E-state index contributed by atoms with van der Waals surface area (Å²) in [5.41, 5.74) is 13.2. The molecular weight excluding hydrogens is 498 g/mol. The summed E-state index contributed by atoms with van der Waals surface area (Å²) >= 11 is 0. The van der Waals surface area contributed by atoms with Crippen molar-refractivity contribution in [3.05, 3.63) is 139 Å². The molecular formula is C39H27NO. The molecule has 0 saturated heterocycles. The van der Waals surface area contributed by atoms with Crippen LogP contribution < -0.4 is 0 Å². The first-order valence-electron chi connectivity index (χ1n) is 14.3. The van der Waals surface area contributed by atoms with Crippen LogP contribution in [0.25, 0.3) is 71.7 Å². The van der Waals surface area contributed by atoms with Crippen molar-refractivity contribution >= 4 is 43.7 Å². The van der Waals surface area contributed by atoms with E-state index >= 15 is 0 Å². The first-order valence-corrected chi connectivity index (χ1v) is 14.3. The van der Waals surface area contributed by atoms with Crippen LogP contribution in [0, 0.1) is 0 Å². The Kier molecular flexibility index (Phi) is 4.42. The van der Waals surface area contributed by atoms with Crippen molar-refractivity contribution in [1.29, 1.82) is 0 Å². The van der Waals surface area contributed by atoms with Gasteiger partial charge in [-0.2, -0.15) is 0 Å². The number of nitrogens with zero attached hydrogens (tertiary/aromatic N) is 1. The fourth-order valence-corrected chi connectivity index (χ4v) is 7.21. The molecule has 0 atom stereocenters. The fourth-order valence-electron chi connectivity index (χ4n) is 7.21. The Morgan fingerprint density at radius 3 is 2.10 bits per heavy atom. The van der Waals surface area contributed by atoms with Crippen molar-refractivity contribution in [3.8, 4) is 27.9 Å². The molecule has 9 rings (SSSR count). The molecule has 0 bridgehead atoms. The second-order valence-corrected chi connectivity index (χ2v) is 11.8. The topological polar surface area (TPSA) is 18.1 Å². The largest absolute Gasteiger partial charge is 0.455 e. The van der Waals surface area contributed by atoms with Crippen LogP contribution in [0.5, 0.6) is 0 Å². The lowest BCUT2D eigenvalue weighted by molar-refractivity contribution is 0.661. The zero-order valence-electron chi connectivity index (χ0n) is 23.0. The Morgan fingerprint density at radius 1 is 0.512 bits per heavy atom. The van der Waals surface area contributed by atoms with Crippen LogP contribution in [0.2, 0.25) is 0 Å². The molecule has 1 aliphatic carbocycles. The van der Waals surface area contributed by atoms with E-state index < -0.39 is 0 Å². The molecule has 6 aromatic carbocycles. The van der Waals surface area contributed by atoms with Crippen molar-refractivity contribution in [3.63, 3.8) is 0 Å². The fraction of sp³-hybridized carbons (Fsp3) is 0.0769. The van der Waals surface area contributed by atoms with E-state index in [4.69, 9.17) is 4.42 Å². The van der Waals surface area contributed by atoms with Gasteiger partial charge in [0.1, 0.15) is 11.2 Å². The normalized spacial score (nSPS) is 13.8. The second-order valence-electron chi connectivity index (χ2n) is 11.8.